The lowest BCUT2D eigenvalue weighted by Crippen LogP contribution is -2.37. The largest absolute Gasteiger partial charge is 0.497 e. The van der Waals surface area contributed by atoms with Crippen LogP contribution in [0.4, 0.5) is 5.69 Å². The normalized spacial score (nSPS) is 12.0. The first kappa shape index (κ1) is 31.7. The summed E-state index contributed by atoms with van der Waals surface area (Å²) in [6.07, 6.45) is 3.50. The molecule has 0 radical (unpaired) electrons. The van der Waals surface area contributed by atoms with E-state index < -0.39 is 17.4 Å². The summed E-state index contributed by atoms with van der Waals surface area (Å²) in [5, 5.41) is 13.9. The number of amides is 1. The van der Waals surface area contributed by atoms with Crippen LogP contribution in [0.25, 0.3) is 0 Å². The number of nitrogens with one attached hydrogen (secondary N) is 1. The zero-order valence-corrected chi connectivity index (χ0v) is 25.7. The number of hydrogen-bond donors (Lipinski definition) is 2. The van der Waals surface area contributed by atoms with Crippen molar-refractivity contribution in [3.8, 4) is 11.5 Å². The molecule has 0 aliphatic heterocycles. The van der Waals surface area contributed by atoms with Crippen molar-refractivity contribution in [2.75, 3.05) is 19.5 Å². The molecule has 0 bridgehead atoms. The van der Waals surface area contributed by atoms with E-state index in [0.29, 0.717) is 22.7 Å². The molecule has 1 amide bonds. The molecular formula is C38H35N3O5. The predicted octanol–water partition coefficient (Wildman–Crippen LogP) is 7.07. The summed E-state index contributed by atoms with van der Waals surface area (Å²) >= 11 is 0. The van der Waals surface area contributed by atoms with E-state index in [1.807, 2.05) is 97.1 Å². The highest BCUT2D eigenvalue weighted by molar-refractivity contribution is 6.03. The summed E-state index contributed by atoms with van der Waals surface area (Å²) in [5.41, 5.74) is 2.61. The molecule has 46 heavy (non-hydrogen) atoms. The molecule has 0 aliphatic carbocycles. The van der Waals surface area contributed by atoms with E-state index in [2.05, 4.69) is 10.3 Å². The third-order valence-electron chi connectivity index (χ3n) is 7.77. The Morgan fingerprint density at radius 1 is 0.783 bits per heavy atom. The van der Waals surface area contributed by atoms with E-state index >= 15 is 0 Å². The van der Waals surface area contributed by atoms with Crippen molar-refractivity contribution in [2.45, 2.75) is 18.9 Å². The maximum Gasteiger partial charge on any atom is 0.315 e. The van der Waals surface area contributed by atoms with Crippen LogP contribution in [0.5, 0.6) is 11.5 Å². The summed E-state index contributed by atoms with van der Waals surface area (Å²) in [5.74, 6) is -0.00170. The summed E-state index contributed by atoms with van der Waals surface area (Å²) in [4.78, 5) is 35.7. The Morgan fingerprint density at radius 2 is 1.35 bits per heavy atom. The molecule has 1 atom stereocenters. The molecule has 0 saturated heterocycles. The molecule has 5 rings (SSSR count). The van der Waals surface area contributed by atoms with Gasteiger partial charge in [0, 0.05) is 23.7 Å². The van der Waals surface area contributed by atoms with Gasteiger partial charge in [-0.15, -0.1) is 0 Å². The number of carboxylic acid groups (broad SMARTS) is 1. The molecular weight excluding hydrogens is 578 g/mol. The van der Waals surface area contributed by atoms with E-state index in [-0.39, 0.29) is 24.4 Å². The second-order valence-corrected chi connectivity index (χ2v) is 10.9. The number of nitrogens with zero attached hydrogens (tertiary/aromatic N) is 2. The number of benzene rings is 4. The minimum Gasteiger partial charge on any atom is -0.497 e. The van der Waals surface area contributed by atoms with Crippen LogP contribution in [0, 0.1) is 5.41 Å². The Kier molecular flexibility index (Phi) is 10.2. The van der Waals surface area contributed by atoms with Crippen LogP contribution >= 0.6 is 0 Å². The molecule has 8 heteroatoms. The van der Waals surface area contributed by atoms with Crippen molar-refractivity contribution in [3.05, 3.63) is 155 Å². The summed E-state index contributed by atoms with van der Waals surface area (Å²) < 4.78 is 10.6. The number of pyridine rings is 1. The van der Waals surface area contributed by atoms with Gasteiger partial charge in [0.25, 0.3) is 5.91 Å². The van der Waals surface area contributed by atoms with Crippen LogP contribution in [0.1, 0.15) is 38.8 Å². The average molecular weight is 614 g/mol. The predicted molar refractivity (Wildman–Crippen MR) is 179 cm³/mol. The van der Waals surface area contributed by atoms with Crippen LogP contribution in [-0.2, 0) is 17.6 Å². The number of para-hydroxylation sites is 1. The fraction of sp³-hybridized carbons (Fsp3) is 0.158. The van der Waals surface area contributed by atoms with Gasteiger partial charge >= 0.3 is 5.97 Å². The van der Waals surface area contributed by atoms with Gasteiger partial charge < -0.3 is 19.9 Å². The number of aromatic nitrogens is 1. The van der Waals surface area contributed by atoms with Crippen molar-refractivity contribution >= 4 is 23.8 Å². The van der Waals surface area contributed by atoms with E-state index in [9.17, 15) is 14.7 Å². The van der Waals surface area contributed by atoms with Gasteiger partial charge in [-0.05, 0) is 72.0 Å². The Morgan fingerprint density at radius 3 is 1.89 bits per heavy atom. The van der Waals surface area contributed by atoms with Gasteiger partial charge in [-0.3, -0.25) is 19.6 Å². The van der Waals surface area contributed by atoms with Crippen molar-refractivity contribution in [1.29, 1.82) is 0 Å². The number of aliphatic imine (C=N–C) groups is 1. The Hall–Kier alpha value is -5.76. The second kappa shape index (κ2) is 14.8. The first-order valence-electron chi connectivity index (χ1n) is 14.8. The summed E-state index contributed by atoms with van der Waals surface area (Å²) in [6, 6.07) is 36.3. The maximum atomic E-state index is 13.3. The summed E-state index contributed by atoms with van der Waals surface area (Å²) in [6.45, 7) is 0. The Labute approximate surface area is 268 Å². The number of ether oxygens (including phenoxy) is 2. The van der Waals surface area contributed by atoms with Gasteiger partial charge in [0.15, 0.2) is 0 Å². The van der Waals surface area contributed by atoms with Crippen LogP contribution in [-0.4, -0.2) is 42.4 Å². The van der Waals surface area contributed by atoms with Crippen molar-refractivity contribution in [3.63, 3.8) is 0 Å². The number of carbonyl (C=O) groups is 2. The third kappa shape index (κ3) is 7.65. The SMILES string of the molecule is COc1ccc(CC(C=NC(c2ccccc2)c2ccccc2NC(=O)c2ccccn2)(Cc2ccc(OC)cc2)C(=O)O)cc1. The number of aliphatic carboxylic acids is 1. The van der Waals surface area contributed by atoms with Crippen LogP contribution in [0.2, 0.25) is 0 Å². The minimum absolute atomic E-state index is 0.182. The van der Waals surface area contributed by atoms with E-state index in [1.54, 1.807) is 50.9 Å². The van der Waals surface area contributed by atoms with Gasteiger partial charge in [0.1, 0.15) is 28.6 Å². The summed E-state index contributed by atoms with van der Waals surface area (Å²) in [7, 11) is 3.18. The third-order valence-corrected chi connectivity index (χ3v) is 7.77. The number of rotatable bonds is 13. The molecule has 1 aromatic heterocycles. The van der Waals surface area contributed by atoms with E-state index in [4.69, 9.17) is 14.5 Å². The van der Waals surface area contributed by atoms with E-state index in [1.165, 1.54) is 0 Å². The Bertz CT molecular complexity index is 1720. The number of carbonyl (C=O) groups excluding carboxylic acids is 1. The molecule has 0 saturated carbocycles. The molecule has 1 heterocycles. The highest BCUT2D eigenvalue weighted by Gasteiger charge is 2.38. The molecule has 1 unspecified atom stereocenters. The van der Waals surface area contributed by atoms with Gasteiger partial charge in [-0.25, -0.2) is 0 Å². The number of hydrogen-bond acceptors (Lipinski definition) is 6. The van der Waals surface area contributed by atoms with Gasteiger partial charge in [0.05, 0.1) is 14.2 Å². The number of methoxy groups -OCH3 is 2. The lowest BCUT2D eigenvalue weighted by Gasteiger charge is -2.27. The molecule has 8 nitrogen and oxygen atoms in total. The van der Waals surface area contributed by atoms with Crippen molar-refractivity contribution in [2.24, 2.45) is 10.4 Å². The minimum atomic E-state index is -1.41. The fourth-order valence-electron chi connectivity index (χ4n) is 5.31. The molecule has 0 fully saturated rings. The smallest absolute Gasteiger partial charge is 0.315 e. The first-order chi connectivity index (χ1) is 22.4. The lowest BCUT2D eigenvalue weighted by molar-refractivity contribution is -0.144. The standard InChI is InChI=1S/C38H35N3O5/c1-45-30-19-15-27(16-20-30)24-38(37(43)44,25-28-17-21-31(46-2)22-18-28)26-40-35(29-10-4-3-5-11-29)32-12-6-7-13-33(32)41-36(42)34-14-8-9-23-39-34/h3-23,26,35H,24-25H2,1-2H3,(H,41,42)(H,43,44). The Balaban J connectivity index is 1.59. The highest BCUT2D eigenvalue weighted by Crippen LogP contribution is 2.35. The molecule has 4 aromatic carbocycles. The van der Waals surface area contributed by atoms with Crippen LogP contribution in [0.15, 0.2) is 133 Å². The molecule has 2 N–H and O–H groups in total. The monoisotopic (exact) mass is 613 g/mol. The van der Waals surface area contributed by atoms with Gasteiger partial charge in [0.2, 0.25) is 0 Å². The van der Waals surface area contributed by atoms with Gasteiger partial charge in [-0.1, -0.05) is 78.9 Å². The number of anilines is 1. The lowest BCUT2D eigenvalue weighted by atomic mass is 9.77. The zero-order chi connectivity index (χ0) is 32.4. The van der Waals surface area contributed by atoms with Gasteiger partial charge in [-0.2, -0.15) is 0 Å². The number of carboxylic acids is 1. The topological polar surface area (TPSA) is 110 Å². The molecule has 0 aliphatic rings. The molecule has 232 valence electrons. The van der Waals surface area contributed by atoms with E-state index in [0.717, 1.165) is 16.7 Å². The quantitative estimate of drug-likeness (QED) is 0.138. The van der Waals surface area contributed by atoms with Crippen LogP contribution < -0.4 is 14.8 Å². The second-order valence-electron chi connectivity index (χ2n) is 10.9. The molecule has 5 aromatic rings. The average Bonchev–Trinajstić information content (AvgIpc) is 3.10. The molecule has 0 spiro atoms. The zero-order valence-electron chi connectivity index (χ0n) is 25.7. The van der Waals surface area contributed by atoms with Crippen molar-refractivity contribution < 1.29 is 24.2 Å². The van der Waals surface area contributed by atoms with Crippen molar-refractivity contribution in [1.82, 2.24) is 4.98 Å². The highest BCUT2D eigenvalue weighted by atomic mass is 16.5. The maximum absolute atomic E-state index is 13.3. The fourth-order valence-corrected chi connectivity index (χ4v) is 5.31. The van der Waals surface area contributed by atoms with Crippen LogP contribution in [0.3, 0.4) is 0 Å². The first-order valence-corrected chi connectivity index (χ1v) is 14.8.